The molecule has 0 bridgehead atoms. The Morgan fingerprint density at radius 2 is 1.88 bits per heavy atom. The summed E-state index contributed by atoms with van der Waals surface area (Å²) in [5.41, 5.74) is 3.52. The van der Waals surface area contributed by atoms with Crippen molar-refractivity contribution in [2.24, 2.45) is 0 Å². The van der Waals surface area contributed by atoms with E-state index in [2.05, 4.69) is 37.1 Å². The Kier molecular flexibility index (Phi) is 6.63. The van der Waals surface area contributed by atoms with Crippen molar-refractivity contribution < 1.29 is 22.7 Å². The van der Waals surface area contributed by atoms with Crippen molar-refractivity contribution in [3.8, 4) is 5.75 Å². The second-order valence-electron chi connectivity index (χ2n) is 7.98. The predicted molar refractivity (Wildman–Crippen MR) is 119 cm³/mol. The third-order valence-electron chi connectivity index (χ3n) is 5.42. The fraction of sp³-hybridized carbons (Fsp3) is 0.455. The molecule has 0 unspecified atom stereocenters. The summed E-state index contributed by atoms with van der Waals surface area (Å²) >= 11 is 0. The van der Waals surface area contributed by atoms with E-state index in [9.17, 15) is 8.42 Å². The number of sulfonamides is 1. The van der Waals surface area contributed by atoms with Gasteiger partial charge in [0.1, 0.15) is 23.4 Å². The molecule has 1 saturated heterocycles. The van der Waals surface area contributed by atoms with E-state index in [4.69, 9.17) is 14.3 Å². The first kappa shape index (κ1) is 22.5. The van der Waals surface area contributed by atoms with Crippen molar-refractivity contribution in [2.75, 3.05) is 39.5 Å². The maximum Gasteiger partial charge on any atom is 0.243 e. The molecule has 10 heteroatoms. The van der Waals surface area contributed by atoms with Gasteiger partial charge < -0.3 is 14.3 Å². The molecule has 3 aromatic rings. The van der Waals surface area contributed by atoms with Crippen LogP contribution in [-0.2, 0) is 14.8 Å². The number of nitrogens with zero attached hydrogens (tertiary/aromatic N) is 4. The monoisotopic (exact) mass is 460 g/mol. The standard InChI is InChI=1S/C22H28N4O5S/c1-16(2)20-6-4-18(14-17(20)3)30-12-13-31-26-22-15-19(5-7-21(22)23-24-26)32(27,28)25-8-10-29-11-9-25/h4-7,14-16H,8-13H2,1-3H3. The quantitative estimate of drug-likeness (QED) is 0.476. The van der Waals surface area contributed by atoms with Gasteiger partial charge in [0.25, 0.3) is 0 Å². The fourth-order valence-corrected chi connectivity index (χ4v) is 5.17. The van der Waals surface area contributed by atoms with Gasteiger partial charge in [0.2, 0.25) is 10.0 Å². The van der Waals surface area contributed by atoms with Crippen LogP contribution in [0.2, 0.25) is 0 Å². The summed E-state index contributed by atoms with van der Waals surface area (Å²) in [6, 6.07) is 10.8. The van der Waals surface area contributed by atoms with Crippen molar-refractivity contribution in [1.82, 2.24) is 19.5 Å². The molecule has 172 valence electrons. The van der Waals surface area contributed by atoms with E-state index in [1.165, 1.54) is 26.3 Å². The zero-order chi connectivity index (χ0) is 22.7. The van der Waals surface area contributed by atoms with Crippen LogP contribution in [0.1, 0.15) is 30.9 Å². The lowest BCUT2D eigenvalue weighted by Gasteiger charge is -2.26. The van der Waals surface area contributed by atoms with Gasteiger partial charge in [-0.25, -0.2) is 8.42 Å². The summed E-state index contributed by atoms with van der Waals surface area (Å²) < 4.78 is 38.3. The molecule has 1 aliphatic heterocycles. The lowest BCUT2D eigenvalue weighted by Crippen LogP contribution is -2.40. The molecule has 2 aromatic carbocycles. The SMILES string of the molecule is Cc1cc(OCCOn2nnc3ccc(S(=O)(=O)N4CCOCC4)cc32)ccc1C(C)C. The molecule has 0 atom stereocenters. The molecule has 0 N–H and O–H groups in total. The summed E-state index contributed by atoms with van der Waals surface area (Å²) in [7, 11) is -3.62. The van der Waals surface area contributed by atoms with E-state index in [1.54, 1.807) is 12.1 Å². The highest BCUT2D eigenvalue weighted by molar-refractivity contribution is 7.89. The van der Waals surface area contributed by atoms with Crippen molar-refractivity contribution >= 4 is 21.1 Å². The minimum Gasteiger partial charge on any atom is -0.490 e. The summed E-state index contributed by atoms with van der Waals surface area (Å²) in [6.07, 6.45) is 0. The van der Waals surface area contributed by atoms with Gasteiger partial charge in [-0.05, 0) is 59.5 Å². The van der Waals surface area contributed by atoms with Gasteiger partial charge in [0.15, 0.2) is 6.61 Å². The number of fused-ring (bicyclic) bond motifs is 1. The third kappa shape index (κ3) is 4.72. The first-order valence-corrected chi connectivity index (χ1v) is 12.1. The van der Waals surface area contributed by atoms with E-state index >= 15 is 0 Å². The third-order valence-corrected chi connectivity index (χ3v) is 7.32. The lowest BCUT2D eigenvalue weighted by molar-refractivity contribution is 0.0639. The minimum absolute atomic E-state index is 0.177. The number of benzene rings is 2. The average Bonchev–Trinajstić information content (AvgIpc) is 3.19. The van der Waals surface area contributed by atoms with Crippen LogP contribution in [0.4, 0.5) is 0 Å². The van der Waals surface area contributed by atoms with Crippen LogP contribution < -0.4 is 9.57 Å². The molecule has 2 heterocycles. The first-order chi connectivity index (χ1) is 15.4. The molecule has 4 rings (SSSR count). The zero-order valence-corrected chi connectivity index (χ0v) is 19.3. The Morgan fingerprint density at radius 1 is 1.09 bits per heavy atom. The molecule has 0 spiro atoms. The van der Waals surface area contributed by atoms with Crippen LogP contribution in [0.3, 0.4) is 0 Å². The van der Waals surface area contributed by atoms with Crippen LogP contribution in [0, 0.1) is 6.92 Å². The van der Waals surface area contributed by atoms with Crippen molar-refractivity contribution in [2.45, 2.75) is 31.6 Å². The largest absolute Gasteiger partial charge is 0.490 e. The maximum absolute atomic E-state index is 12.9. The second-order valence-corrected chi connectivity index (χ2v) is 9.92. The summed E-state index contributed by atoms with van der Waals surface area (Å²) in [4.78, 5) is 7.09. The molecule has 1 fully saturated rings. The van der Waals surface area contributed by atoms with Gasteiger partial charge >= 0.3 is 0 Å². The molecule has 0 aliphatic carbocycles. The number of hydrogen-bond donors (Lipinski definition) is 0. The Bertz CT molecular complexity index is 1190. The smallest absolute Gasteiger partial charge is 0.243 e. The van der Waals surface area contributed by atoms with Crippen molar-refractivity contribution in [3.63, 3.8) is 0 Å². The van der Waals surface area contributed by atoms with Crippen molar-refractivity contribution in [1.29, 1.82) is 0 Å². The fourth-order valence-electron chi connectivity index (χ4n) is 3.74. The summed E-state index contributed by atoms with van der Waals surface area (Å²) in [6.45, 7) is 8.40. The van der Waals surface area contributed by atoms with Crippen LogP contribution in [0.15, 0.2) is 41.3 Å². The second kappa shape index (κ2) is 9.43. The molecule has 1 aromatic heterocycles. The first-order valence-electron chi connectivity index (χ1n) is 10.7. The molecule has 9 nitrogen and oxygen atoms in total. The number of hydrogen-bond acceptors (Lipinski definition) is 7. The van der Waals surface area contributed by atoms with E-state index in [0.717, 1.165) is 5.75 Å². The molecule has 32 heavy (non-hydrogen) atoms. The molecule has 0 amide bonds. The molecular weight excluding hydrogens is 432 g/mol. The van der Waals surface area contributed by atoms with Gasteiger partial charge in [-0.2, -0.15) is 4.31 Å². The Morgan fingerprint density at radius 3 is 2.59 bits per heavy atom. The molecule has 1 aliphatic rings. The van der Waals surface area contributed by atoms with Crippen LogP contribution in [0.5, 0.6) is 5.75 Å². The maximum atomic E-state index is 12.9. The number of morpholine rings is 1. The zero-order valence-electron chi connectivity index (χ0n) is 18.5. The van der Waals surface area contributed by atoms with E-state index in [1.807, 2.05) is 12.1 Å². The normalized spacial score (nSPS) is 15.4. The summed E-state index contributed by atoms with van der Waals surface area (Å²) in [5.74, 6) is 1.24. The average molecular weight is 461 g/mol. The van der Waals surface area contributed by atoms with Crippen LogP contribution >= 0.6 is 0 Å². The van der Waals surface area contributed by atoms with Gasteiger partial charge in [0, 0.05) is 13.1 Å². The molecule has 0 saturated carbocycles. The molecular formula is C22H28N4O5S. The molecule has 0 radical (unpaired) electrons. The highest BCUT2D eigenvalue weighted by Gasteiger charge is 2.27. The number of ether oxygens (including phenoxy) is 2. The highest BCUT2D eigenvalue weighted by Crippen LogP contribution is 2.24. The van der Waals surface area contributed by atoms with Crippen molar-refractivity contribution in [3.05, 3.63) is 47.5 Å². The Balaban J connectivity index is 1.41. The number of aromatic nitrogens is 3. The Labute approximate surface area is 187 Å². The number of rotatable bonds is 8. The van der Waals surface area contributed by atoms with E-state index in [0.29, 0.717) is 49.9 Å². The topological polar surface area (TPSA) is 95.8 Å². The van der Waals surface area contributed by atoms with Crippen LogP contribution in [-0.4, -0.2) is 67.4 Å². The van der Waals surface area contributed by atoms with Gasteiger partial charge in [-0.15, -0.1) is 5.10 Å². The van der Waals surface area contributed by atoms with Gasteiger partial charge in [0.05, 0.1) is 18.1 Å². The number of aryl methyl sites for hydroxylation is 1. The van der Waals surface area contributed by atoms with Gasteiger partial charge in [-0.1, -0.05) is 24.8 Å². The van der Waals surface area contributed by atoms with Gasteiger partial charge in [-0.3, -0.25) is 0 Å². The highest BCUT2D eigenvalue weighted by atomic mass is 32.2. The van der Waals surface area contributed by atoms with E-state index in [-0.39, 0.29) is 11.5 Å². The summed E-state index contributed by atoms with van der Waals surface area (Å²) in [5, 5.41) is 8.03. The Hall–Kier alpha value is -2.69. The van der Waals surface area contributed by atoms with Crippen LogP contribution in [0.25, 0.3) is 11.0 Å². The predicted octanol–water partition coefficient (Wildman–Crippen LogP) is 2.39. The van der Waals surface area contributed by atoms with E-state index < -0.39 is 10.0 Å². The lowest BCUT2D eigenvalue weighted by atomic mass is 9.98. The minimum atomic E-state index is -3.62.